The first-order valence-electron chi connectivity index (χ1n) is 9.57. The summed E-state index contributed by atoms with van der Waals surface area (Å²) in [6, 6.07) is 19.0. The van der Waals surface area contributed by atoms with Gasteiger partial charge in [0.2, 0.25) is 0 Å². The van der Waals surface area contributed by atoms with Crippen LogP contribution in [0.2, 0.25) is 0 Å². The van der Waals surface area contributed by atoms with Gasteiger partial charge in [-0.2, -0.15) is 0 Å². The van der Waals surface area contributed by atoms with Crippen LogP contribution in [-0.2, 0) is 24.2 Å². The van der Waals surface area contributed by atoms with Crippen LogP contribution in [0.4, 0.5) is 4.79 Å². The van der Waals surface area contributed by atoms with Crippen molar-refractivity contribution in [3.63, 3.8) is 0 Å². The molecule has 1 amide bonds. The lowest BCUT2D eigenvalue weighted by Gasteiger charge is -2.30. The molecule has 1 N–H and O–H groups in total. The maximum absolute atomic E-state index is 12.9. The molecule has 0 unspecified atom stereocenters. The number of rotatable bonds is 5. The van der Waals surface area contributed by atoms with Crippen LogP contribution in [0.3, 0.4) is 0 Å². The minimum Gasteiger partial charge on any atom is -0.445 e. The summed E-state index contributed by atoms with van der Waals surface area (Å²) in [7, 11) is 0. The zero-order valence-electron chi connectivity index (χ0n) is 15.1. The molecular formula is C22H26N2O2. The molecule has 2 aromatic carbocycles. The van der Waals surface area contributed by atoms with Gasteiger partial charge >= 0.3 is 6.09 Å². The zero-order chi connectivity index (χ0) is 17.8. The highest BCUT2D eigenvalue weighted by molar-refractivity contribution is 5.68. The highest BCUT2D eigenvalue weighted by atomic mass is 16.6. The van der Waals surface area contributed by atoms with Crippen LogP contribution >= 0.6 is 0 Å². The van der Waals surface area contributed by atoms with Gasteiger partial charge in [-0.15, -0.1) is 0 Å². The fourth-order valence-corrected chi connectivity index (χ4v) is 4.08. The first-order chi connectivity index (χ1) is 12.8. The molecule has 2 aromatic rings. The predicted molar refractivity (Wildman–Crippen MR) is 102 cm³/mol. The minimum absolute atomic E-state index is 0.193. The van der Waals surface area contributed by atoms with Crippen molar-refractivity contribution in [1.29, 1.82) is 0 Å². The summed E-state index contributed by atoms with van der Waals surface area (Å²) in [4.78, 5) is 14.9. The van der Waals surface area contributed by atoms with Crippen molar-refractivity contribution in [2.24, 2.45) is 0 Å². The standard InChI is InChI=1S/C22H26N2O2/c25-22(26-16-17-7-2-1-3-8-17)24(15-20-11-6-12-23-20)21-13-18-9-4-5-10-19(18)14-21/h1-5,7-10,20-21,23H,6,11-16H2/t20-/m0/s1. The summed E-state index contributed by atoms with van der Waals surface area (Å²) in [6.45, 7) is 2.10. The van der Waals surface area contributed by atoms with Gasteiger partial charge in [0.05, 0.1) is 0 Å². The predicted octanol–water partition coefficient (Wildman–Crippen LogP) is 3.54. The Morgan fingerprint density at radius 3 is 2.38 bits per heavy atom. The fourth-order valence-electron chi connectivity index (χ4n) is 4.08. The molecule has 26 heavy (non-hydrogen) atoms. The number of carbonyl (C=O) groups excluding carboxylic acids is 1. The van der Waals surface area contributed by atoms with E-state index < -0.39 is 0 Å². The van der Waals surface area contributed by atoms with E-state index in [0.29, 0.717) is 12.6 Å². The maximum atomic E-state index is 12.9. The molecule has 1 aliphatic carbocycles. The summed E-state index contributed by atoms with van der Waals surface area (Å²) >= 11 is 0. The van der Waals surface area contributed by atoms with Crippen LogP contribution in [0.25, 0.3) is 0 Å². The molecule has 4 nitrogen and oxygen atoms in total. The Kier molecular flexibility index (Phi) is 5.21. The average molecular weight is 350 g/mol. The third-order valence-electron chi connectivity index (χ3n) is 5.49. The van der Waals surface area contributed by atoms with Crippen LogP contribution < -0.4 is 5.32 Å². The molecule has 136 valence electrons. The van der Waals surface area contributed by atoms with E-state index in [1.54, 1.807) is 0 Å². The van der Waals surface area contributed by atoms with Gasteiger partial charge in [0, 0.05) is 18.6 Å². The third-order valence-corrected chi connectivity index (χ3v) is 5.49. The van der Waals surface area contributed by atoms with Gasteiger partial charge in [0.1, 0.15) is 6.61 Å². The monoisotopic (exact) mass is 350 g/mol. The van der Waals surface area contributed by atoms with Crippen molar-refractivity contribution in [2.45, 2.75) is 44.4 Å². The lowest BCUT2D eigenvalue weighted by atomic mass is 10.1. The number of fused-ring (bicyclic) bond motifs is 1. The van der Waals surface area contributed by atoms with Gasteiger partial charge in [0.15, 0.2) is 0 Å². The van der Waals surface area contributed by atoms with E-state index in [-0.39, 0.29) is 12.1 Å². The number of benzene rings is 2. The van der Waals surface area contributed by atoms with E-state index in [1.165, 1.54) is 17.5 Å². The molecule has 0 spiro atoms. The highest BCUT2D eigenvalue weighted by Crippen LogP contribution is 2.26. The first kappa shape index (κ1) is 17.1. The summed E-state index contributed by atoms with van der Waals surface area (Å²) in [5.74, 6) is 0. The lowest BCUT2D eigenvalue weighted by Crippen LogP contribution is -2.47. The molecule has 0 saturated carbocycles. The Balaban J connectivity index is 1.44. The van der Waals surface area contributed by atoms with Crippen LogP contribution in [0.1, 0.15) is 29.5 Å². The van der Waals surface area contributed by atoms with Crippen molar-refractivity contribution in [3.05, 3.63) is 71.3 Å². The molecule has 0 aromatic heterocycles. The third kappa shape index (κ3) is 3.91. The van der Waals surface area contributed by atoms with Crippen LogP contribution in [0, 0.1) is 0 Å². The fraction of sp³-hybridized carbons (Fsp3) is 0.409. The molecule has 1 atom stereocenters. The Bertz CT molecular complexity index is 716. The quantitative estimate of drug-likeness (QED) is 0.897. The molecule has 1 saturated heterocycles. The van der Waals surface area contributed by atoms with Gasteiger partial charge in [-0.05, 0) is 48.9 Å². The normalized spacial score (nSPS) is 19.3. The van der Waals surface area contributed by atoms with Crippen molar-refractivity contribution in [1.82, 2.24) is 10.2 Å². The maximum Gasteiger partial charge on any atom is 0.410 e. The van der Waals surface area contributed by atoms with Crippen molar-refractivity contribution in [3.8, 4) is 0 Å². The van der Waals surface area contributed by atoms with E-state index in [0.717, 1.165) is 37.9 Å². The number of nitrogens with one attached hydrogen (secondary N) is 1. The van der Waals surface area contributed by atoms with E-state index in [2.05, 4.69) is 29.6 Å². The molecule has 1 heterocycles. The first-order valence-corrected chi connectivity index (χ1v) is 9.57. The highest BCUT2D eigenvalue weighted by Gasteiger charge is 2.33. The molecule has 0 bridgehead atoms. The molecular weight excluding hydrogens is 324 g/mol. The van der Waals surface area contributed by atoms with Crippen LogP contribution in [0.15, 0.2) is 54.6 Å². The number of ether oxygens (including phenoxy) is 1. The molecule has 1 fully saturated rings. The largest absolute Gasteiger partial charge is 0.445 e. The number of amides is 1. The zero-order valence-corrected chi connectivity index (χ0v) is 15.1. The SMILES string of the molecule is O=C(OCc1ccccc1)N(C[C@@H]1CCCN1)C1Cc2ccccc2C1. The van der Waals surface area contributed by atoms with Gasteiger partial charge in [0.25, 0.3) is 0 Å². The van der Waals surface area contributed by atoms with Crippen LogP contribution in [0.5, 0.6) is 0 Å². The second-order valence-corrected chi connectivity index (χ2v) is 7.32. The van der Waals surface area contributed by atoms with Gasteiger partial charge in [-0.1, -0.05) is 54.6 Å². The molecule has 4 rings (SSSR count). The van der Waals surface area contributed by atoms with E-state index in [4.69, 9.17) is 4.74 Å². The lowest BCUT2D eigenvalue weighted by molar-refractivity contribution is 0.0781. The van der Waals surface area contributed by atoms with Crippen LogP contribution in [-0.4, -0.2) is 36.2 Å². The van der Waals surface area contributed by atoms with Crippen molar-refractivity contribution in [2.75, 3.05) is 13.1 Å². The Morgan fingerprint density at radius 1 is 1.04 bits per heavy atom. The average Bonchev–Trinajstić information content (AvgIpc) is 3.34. The van der Waals surface area contributed by atoms with Crippen molar-refractivity contribution >= 4 is 6.09 Å². The summed E-state index contributed by atoms with van der Waals surface area (Å²) < 4.78 is 5.67. The minimum atomic E-state index is -0.194. The number of nitrogens with zero attached hydrogens (tertiary/aromatic N) is 1. The van der Waals surface area contributed by atoms with E-state index in [1.807, 2.05) is 35.2 Å². The number of hydrogen-bond donors (Lipinski definition) is 1. The molecule has 0 radical (unpaired) electrons. The number of hydrogen-bond acceptors (Lipinski definition) is 3. The molecule has 4 heteroatoms. The summed E-state index contributed by atoms with van der Waals surface area (Å²) in [6.07, 6.45) is 3.96. The second-order valence-electron chi connectivity index (χ2n) is 7.32. The Morgan fingerprint density at radius 2 is 1.73 bits per heavy atom. The summed E-state index contributed by atoms with van der Waals surface area (Å²) in [5, 5.41) is 3.51. The van der Waals surface area contributed by atoms with Gasteiger partial charge in [-0.25, -0.2) is 4.79 Å². The Labute approximate surface area is 155 Å². The molecule has 2 aliphatic rings. The topological polar surface area (TPSA) is 41.6 Å². The van der Waals surface area contributed by atoms with Gasteiger partial charge < -0.3 is 15.0 Å². The summed E-state index contributed by atoms with van der Waals surface area (Å²) in [5.41, 5.74) is 3.74. The van der Waals surface area contributed by atoms with E-state index in [9.17, 15) is 4.79 Å². The van der Waals surface area contributed by atoms with Gasteiger partial charge in [-0.3, -0.25) is 0 Å². The second kappa shape index (κ2) is 7.92. The smallest absolute Gasteiger partial charge is 0.410 e. The number of carbonyl (C=O) groups is 1. The van der Waals surface area contributed by atoms with E-state index >= 15 is 0 Å². The molecule has 1 aliphatic heterocycles. The van der Waals surface area contributed by atoms with Crippen molar-refractivity contribution < 1.29 is 9.53 Å². The Hall–Kier alpha value is -2.33.